The van der Waals surface area contributed by atoms with E-state index >= 15 is 0 Å². The zero-order chi connectivity index (χ0) is 15.8. The molecule has 2 atom stereocenters. The standard InChI is InChI=1S/C19H26O2/c1-14(2)18-12-11-15(3)7-5-8-16(4)13-17(20)9-6-10-19(18)21/h7,13,17-18,20H,1,5,8-9,11-12H2,2-4H3/b15-7+,16-13+/t17-,18?/m1/s1. The van der Waals surface area contributed by atoms with Crippen molar-refractivity contribution in [3.8, 4) is 11.8 Å². The molecule has 0 amide bonds. The van der Waals surface area contributed by atoms with Gasteiger partial charge in [0.2, 0.25) is 5.78 Å². The summed E-state index contributed by atoms with van der Waals surface area (Å²) in [6.07, 6.45) is 7.36. The van der Waals surface area contributed by atoms with Crippen LogP contribution in [0.3, 0.4) is 0 Å². The van der Waals surface area contributed by atoms with Gasteiger partial charge >= 0.3 is 0 Å². The fourth-order valence-electron chi connectivity index (χ4n) is 2.42. The maximum absolute atomic E-state index is 12.2. The van der Waals surface area contributed by atoms with Crippen LogP contribution in [0.2, 0.25) is 0 Å². The molecule has 0 saturated heterocycles. The highest BCUT2D eigenvalue weighted by Gasteiger charge is 2.17. The maximum Gasteiger partial charge on any atom is 0.212 e. The van der Waals surface area contributed by atoms with E-state index < -0.39 is 6.10 Å². The molecule has 114 valence electrons. The lowest BCUT2D eigenvalue weighted by Crippen LogP contribution is -2.14. The third kappa shape index (κ3) is 6.60. The van der Waals surface area contributed by atoms with E-state index in [1.54, 1.807) is 0 Å². The van der Waals surface area contributed by atoms with Gasteiger partial charge < -0.3 is 5.11 Å². The first-order chi connectivity index (χ1) is 9.90. The Morgan fingerprint density at radius 2 is 2.05 bits per heavy atom. The molecule has 1 unspecified atom stereocenters. The van der Waals surface area contributed by atoms with Gasteiger partial charge in [-0.05, 0) is 52.4 Å². The summed E-state index contributed by atoms with van der Waals surface area (Å²) in [6.45, 7) is 9.92. The normalized spacial score (nSPS) is 30.0. The highest BCUT2D eigenvalue weighted by atomic mass is 16.3. The maximum atomic E-state index is 12.2. The number of carbonyl (C=O) groups is 1. The van der Waals surface area contributed by atoms with E-state index in [2.05, 4.69) is 31.4 Å². The first-order valence-corrected chi connectivity index (χ1v) is 7.59. The zero-order valence-electron chi connectivity index (χ0n) is 13.4. The molecule has 0 aromatic heterocycles. The Labute approximate surface area is 128 Å². The van der Waals surface area contributed by atoms with Crippen LogP contribution in [0, 0.1) is 17.8 Å². The van der Waals surface area contributed by atoms with Gasteiger partial charge in [-0.25, -0.2) is 0 Å². The first kappa shape index (κ1) is 17.5. The summed E-state index contributed by atoms with van der Waals surface area (Å²) >= 11 is 0. The molecule has 0 fully saturated rings. The van der Waals surface area contributed by atoms with E-state index in [1.807, 2.05) is 19.9 Å². The van der Waals surface area contributed by atoms with Crippen molar-refractivity contribution in [2.75, 3.05) is 0 Å². The second-order valence-electron chi connectivity index (χ2n) is 5.98. The average molecular weight is 286 g/mol. The molecule has 0 saturated carbocycles. The molecule has 0 aromatic rings. The molecule has 1 aliphatic carbocycles. The van der Waals surface area contributed by atoms with Crippen molar-refractivity contribution in [1.82, 2.24) is 0 Å². The van der Waals surface area contributed by atoms with Crippen LogP contribution < -0.4 is 0 Å². The predicted octanol–water partition coefficient (Wildman–Crippen LogP) is 3.97. The van der Waals surface area contributed by atoms with Crippen LogP contribution in [0.1, 0.15) is 52.9 Å². The van der Waals surface area contributed by atoms with E-state index in [9.17, 15) is 9.90 Å². The summed E-state index contributed by atoms with van der Waals surface area (Å²) in [4.78, 5) is 12.2. The van der Waals surface area contributed by atoms with Gasteiger partial charge in [0.25, 0.3) is 0 Å². The minimum Gasteiger partial charge on any atom is -0.388 e. The quantitative estimate of drug-likeness (QED) is 0.450. The zero-order valence-corrected chi connectivity index (χ0v) is 13.4. The van der Waals surface area contributed by atoms with Crippen LogP contribution in [0.25, 0.3) is 0 Å². The fourth-order valence-corrected chi connectivity index (χ4v) is 2.42. The van der Waals surface area contributed by atoms with Crippen LogP contribution in [0.15, 0.2) is 35.5 Å². The summed E-state index contributed by atoms with van der Waals surface area (Å²) in [6, 6.07) is 0. The highest BCUT2D eigenvalue weighted by Crippen LogP contribution is 2.20. The summed E-state index contributed by atoms with van der Waals surface area (Å²) in [5, 5.41) is 9.88. The molecule has 21 heavy (non-hydrogen) atoms. The van der Waals surface area contributed by atoms with E-state index in [-0.39, 0.29) is 11.7 Å². The van der Waals surface area contributed by atoms with Gasteiger partial charge in [-0.2, -0.15) is 0 Å². The van der Waals surface area contributed by atoms with E-state index in [0.717, 1.165) is 36.8 Å². The Kier molecular flexibility index (Phi) is 7.19. The lowest BCUT2D eigenvalue weighted by Gasteiger charge is -2.13. The van der Waals surface area contributed by atoms with Crippen LogP contribution in [0.5, 0.6) is 0 Å². The molecule has 1 rings (SSSR count). The van der Waals surface area contributed by atoms with Crippen LogP contribution in [-0.2, 0) is 4.79 Å². The van der Waals surface area contributed by atoms with Gasteiger partial charge in [0.1, 0.15) is 0 Å². The van der Waals surface area contributed by atoms with Gasteiger partial charge in [-0.1, -0.05) is 41.4 Å². The minimum absolute atomic E-state index is 0.0831. The molecule has 0 spiro atoms. The van der Waals surface area contributed by atoms with Gasteiger partial charge in [0.05, 0.1) is 12.0 Å². The van der Waals surface area contributed by atoms with Crippen LogP contribution in [0.4, 0.5) is 0 Å². The molecule has 1 aliphatic rings. The highest BCUT2D eigenvalue weighted by molar-refractivity contribution is 5.98. The Balaban J connectivity index is 2.94. The number of aliphatic hydroxyl groups excluding tert-OH is 1. The second-order valence-corrected chi connectivity index (χ2v) is 5.98. The molecule has 0 aliphatic heterocycles. The molecule has 0 radical (unpaired) electrons. The molecular formula is C19H26O2. The Morgan fingerprint density at radius 1 is 1.33 bits per heavy atom. The first-order valence-electron chi connectivity index (χ1n) is 7.59. The minimum atomic E-state index is -0.596. The SMILES string of the molecule is C=C(C)C1CC/C(C)=C/CC/C(C)=C/[C@H](O)CC#CC1=O. The Morgan fingerprint density at radius 3 is 2.71 bits per heavy atom. The van der Waals surface area contributed by atoms with Crippen molar-refractivity contribution in [3.05, 3.63) is 35.5 Å². The van der Waals surface area contributed by atoms with Crippen molar-refractivity contribution in [2.45, 2.75) is 59.0 Å². The van der Waals surface area contributed by atoms with Crippen molar-refractivity contribution in [1.29, 1.82) is 0 Å². The average Bonchev–Trinajstić information content (AvgIpc) is 2.37. The van der Waals surface area contributed by atoms with Gasteiger partial charge in [0.15, 0.2) is 0 Å². The fraction of sp³-hybridized carbons (Fsp3) is 0.526. The van der Waals surface area contributed by atoms with Crippen molar-refractivity contribution in [3.63, 3.8) is 0 Å². The second kappa shape index (κ2) is 8.64. The molecule has 1 N–H and O–H groups in total. The van der Waals surface area contributed by atoms with E-state index in [0.29, 0.717) is 6.42 Å². The smallest absolute Gasteiger partial charge is 0.212 e. The Bertz CT molecular complexity index is 511. The lowest BCUT2D eigenvalue weighted by molar-refractivity contribution is -0.116. The van der Waals surface area contributed by atoms with Crippen molar-refractivity contribution >= 4 is 5.78 Å². The Hall–Kier alpha value is -1.59. The third-order valence-electron chi connectivity index (χ3n) is 3.77. The summed E-state index contributed by atoms with van der Waals surface area (Å²) in [7, 11) is 0. The number of carbonyl (C=O) groups excluding carboxylic acids is 1. The molecule has 0 heterocycles. The third-order valence-corrected chi connectivity index (χ3v) is 3.77. The number of hydrogen-bond donors (Lipinski definition) is 1. The summed E-state index contributed by atoms with van der Waals surface area (Å²) in [5.41, 5.74) is 3.33. The number of aliphatic hydroxyl groups is 1. The monoisotopic (exact) mass is 286 g/mol. The molecule has 0 aromatic carbocycles. The number of ketones is 1. The van der Waals surface area contributed by atoms with Crippen LogP contribution in [-0.4, -0.2) is 17.0 Å². The molecular weight excluding hydrogens is 260 g/mol. The van der Waals surface area contributed by atoms with Crippen molar-refractivity contribution < 1.29 is 9.90 Å². The number of hydrogen-bond acceptors (Lipinski definition) is 2. The predicted molar refractivity (Wildman–Crippen MR) is 87.7 cm³/mol. The summed E-state index contributed by atoms with van der Waals surface area (Å²) < 4.78 is 0. The molecule has 2 nitrogen and oxygen atoms in total. The summed E-state index contributed by atoms with van der Waals surface area (Å²) in [5.74, 6) is 5.20. The number of rotatable bonds is 1. The molecule has 2 heteroatoms. The van der Waals surface area contributed by atoms with Crippen molar-refractivity contribution in [2.24, 2.45) is 5.92 Å². The number of Topliss-reactive ketones (excluding diaryl/α,β-unsaturated/α-hetero) is 1. The van der Waals surface area contributed by atoms with Crippen LogP contribution >= 0.6 is 0 Å². The van der Waals surface area contributed by atoms with Gasteiger partial charge in [0, 0.05) is 6.42 Å². The van der Waals surface area contributed by atoms with E-state index in [4.69, 9.17) is 0 Å². The van der Waals surface area contributed by atoms with Gasteiger partial charge in [-0.15, -0.1) is 0 Å². The topological polar surface area (TPSA) is 37.3 Å². The lowest BCUT2D eigenvalue weighted by atomic mass is 9.90. The van der Waals surface area contributed by atoms with Gasteiger partial charge in [-0.3, -0.25) is 4.79 Å². The van der Waals surface area contributed by atoms with E-state index in [1.165, 1.54) is 5.57 Å². The largest absolute Gasteiger partial charge is 0.388 e. The molecule has 0 bridgehead atoms. The number of allylic oxidation sites excluding steroid dienone is 4.